The number of hydrogen-bond acceptors (Lipinski definition) is 3. The quantitative estimate of drug-likeness (QED) is 0.800. The number of rotatable bonds is 4. The molecule has 0 radical (unpaired) electrons. The van der Waals surface area contributed by atoms with E-state index in [2.05, 4.69) is 0 Å². The van der Waals surface area contributed by atoms with Crippen molar-refractivity contribution in [3.8, 4) is 0 Å². The van der Waals surface area contributed by atoms with Gasteiger partial charge in [0, 0.05) is 17.5 Å². The molecule has 0 saturated carbocycles. The highest BCUT2D eigenvalue weighted by Gasteiger charge is 2.36. The molecule has 2 heterocycles. The lowest BCUT2D eigenvalue weighted by molar-refractivity contribution is 0.379. The van der Waals surface area contributed by atoms with E-state index in [9.17, 15) is 8.42 Å². The van der Waals surface area contributed by atoms with Crippen LogP contribution in [0.15, 0.2) is 10.3 Å². The molecular weight excluding hydrogens is 290 g/mol. The highest BCUT2D eigenvalue weighted by Crippen LogP contribution is 2.34. The maximum atomic E-state index is 12.7. The van der Waals surface area contributed by atoms with Crippen molar-refractivity contribution >= 4 is 33.0 Å². The van der Waals surface area contributed by atoms with Crippen LogP contribution in [-0.2, 0) is 15.9 Å². The Hall–Kier alpha value is -0.100. The fourth-order valence-corrected chi connectivity index (χ4v) is 6.36. The van der Waals surface area contributed by atoms with Crippen molar-refractivity contribution in [1.29, 1.82) is 0 Å². The molecule has 1 unspecified atom stereocenters. The third-order valence-electron chi connectivity index (χ3n) is 3.47. The van der Waals surface area contributed by atoms with Crippen molar-refractivity contribution in [2.75, 3.05) is 6.54 Å². The Kier molecular flexibility index (Phi) is 4.36. The van der Waals surface area contributed by atoms with Gasteiger partial charge in [-0.1, -0.05) is 6.92 Å². The van der Waals surface area contributed by atoms with Gasteiger partial charge in [-0.25, -0.2) is 8.42 Å². The Balaban J connectivity index is 2.45. The van der Waals surface area contributed by atoms with Crippen molar-refractivity contribution in [3.05, 3.63) is 15.8 Å². The van der Waals surface area contributed by atoms with Crippen molar-refractivity contribution in [2.24, 2.45) is 0 Å². The fraction of sp³-hybridized carbons (Fsp3) is 0.667. The molecule has 0 spiro atoms. The Bertz CT molecular complexity index is 524. The summed E-state index contributed by atoms with van der Waals surface area (Å²) in [6.45, 7) is 4.52. The summed E-state index contributed by atoms with van der Waals surface area (Å²) in [7, 11) is -3.37. The lowest BCUT2D eigenvalue weighted by Crippen LogP contribution is -2.35. The lowest BCUT2D eigenvalue weighted by Gasteiger charge is -2.23. The van der Waals surface area contributed by atoms with E-state index in [1.807, 2.05) is 19.2 Å². The lowest BCUT2D eigenvalue weighted by atomic mass is 10.2. The number of alkyl halides is 1. The summed E-state index contributed by atoms with van der Waals surface area (Å²) in [5.74, 6) is 0.262. The second kappa shape index (κ2) is 5.49. The Morgan fingerprint density at radius 2 is 2.28 bits per heavy atom. The van der Waals surface area contributed by atoms with E-state index in [0.717, 1.165) is 29.7 Å². The Morgan fingerprint density at radius 1 is 1.56 bits per heavy atom. The van der Waals surface area contributed by atoms with Crippen LogP contribution in [0.4, 0.5) is 0 Å². The van der Waals surface area contributed by atoms with Crippen LogP contribution in [0.1, 0.15) is 36.6 Å². The average molecular weight is 308 g/mol. The molecule has 2 rings (SSSR count). The summed E-state index contributed by atoms with van der Waals surface area (Å²) in [5, 5.41) is 1.88. The van der Waals surface area contributed by atoms with Crippen molar-refractivity contribution in [1.82, 2.24) is 4.31 Å². The fourth-order valence-electron chi connectivity index (χ4n) is 2.58. The molecule has 1 saturated heterocycles. The van der Waals surface area contributed by atoms with Crippen LogP contribution in [-0.4, -0.2) is 25.3 Å². The first-order chi connectivity index (χ1) is 8.52. The van der Waals surface area contributed by atoms with E-state index < -0.39 is 10.0 Å². The van der Waals surface area contributed by atoms with Crippen LogP contribution >= 0.6 is 22.9 Å². The number of hydrogen-bond donors (Lipinski definition) is 0. The molecule has 3 nitrogen and oxygen atoms in total. The van der Waals surface area contributed by atoms with Gasteiger partial charge in [0.1, 0.15) is 4.90 Å². The van der Waals surface area contributed by atoms with E-state index in [0.29, 0.717) is 11.4 Å². The predicted octanol–water partition coefficient (Wildman–Crippen LogP) is 3.36. The molecule has 0 bridgehead atoms. The highest BCUT2D eigenvalue weighted by molar-refractivity contribution is 7.89. The van der Waals surface area contributed by atoms with Gasteiger partial charge in [-0.05, 0) is 37.1 Å². The molecule has 0 N–H and O–H groups in total. The summed E-state index contributed by atoms with van der Waals surface area (Å²) in [6.07, 6.45) is 2.80. The Morgan fingerprint density at radius 3 is 2.89 bits per heavy atom. The minimum absolute atomic E-state index is 0.150. The standard InChI is InChI=1S/C12H18ClNO2S2/c1-3-10-5-4-6-14(10)18(15,16)12-9(2)8-17-11(12)7-13/h8,10H,3-7H2,1-2H3. The molecular formula is C12H18ClNO2S2. The largest absolute Gasteiger partial charge is 0.244 e. The summed E-state index contributed by atoms with van der Waals surface area (Å²) < 4.78 is 27.1. The van der Waals surface area contributed by atoms with E-state index in [1.165, 1.54) is 11.3 Å². The molecule has 0 aromatic carbocycles. The number of sulfonamides is 1. The van der Waals surface area contributed by atoms with Gasteiger partial charge in [-0.2, -0.15) is 4.31 Å². The van der Waals surface area contributed by atoms with Crippen LogP contribution in [0.5, 0.6) is 0 Å². The molecule has 1 aromatic heterocycles. The number of halogens is 1. The highest BCUT2D eigenvalue weighted by atomic mass is 35.5. The van der Waals surface area contributed by atoms with E-state index in [1.54, 1.807) is 4.31 Å². The normalized spacial score (nSPS) is 21.6. The third kappa shape index (κ3) is 2.33. The van der Waals surface area contributed by atoms with Crippen molar-refractivity contribution < 1.29 is 8.42 Å². The molecule has 6 heteroatoms. The Labute approximate surface area is 118 Å². The second-order valence-electron chi connectivity index (χ2n) is 4.62. The summed E-state index contributed by atoms with van der Waals surface area (Å²) in [4.78, 5) is 1.21. The minimum Gasteiger partial charge on any atom is -0.207 e. The zero-order chi connectivity index (χ0) is 13.3. The van der Waals surface area contributed by atoms with Gasteiger partial charge < -0.3 is 0 Å². The van der Waals surface area contributed by atoms with Crippen LogP contribution < -0.4 is 0 Å². The molecule has 1 aliphatic rings. The molecule has 0 amide bonds. The summed E-state index contributed by atoms with van der Waals surface area (Å²) in [6, 6.07) is 0.150. The molecule has 18 heavy (non-hydrogen) atoms. The van der Waals surface area contributed by atoms with E-state index in [4.69, 9.17) is 11.6 Å². The molecule has 1 aliphatic heterocycles. The maximum absolute atomic E-state index is 12.7. The average Bonchev–Trinajstić information content (AvgIpc) is 2.94. The van der Waals surface area contributed by atoms with Gasteiger partial charge in [-0.3, -0.25) is 0 Å². The maximum Gasteiger partial charge on any atom is 0.244 e. The SMILES string of the molecule is CCC1CCCN1S(=O)(=O)c1c(C)csc1CCl. The summed E-state index contributed by atoms with van der Waals surface area (Å²) >= 11 is 7.29. The van der Waals surface area contributed by atoms with Gasteiger partial charge >= 0.3 is 0 Å². The molecule has 1 atom stereocenters. The number of thiophene rings is 1. The first kappa shape index (κ1) is 14.3. The molecule has 102 valence electrons. The van der Waals surface area contributed by atoms with Gasteiger partial charge in [0.15, 0.2) is 0 Å². The van der Waals surface area contributed by atoms with Gasteiger partial charge in [-0.15, -0.1) is 22.9 Å². The van der Waals surface area contributed by atoms with Crippen LogP contribution in [0, 0.1) is 6.92 Å². The monoisotopic (exact) mass is 307 g/mol. The second-order valence-corrected chi connectivity index (χ2v) is 7.68. The zero-order valence-corrected chi connectivity index (χ0v) is 13.0. The van der Waals surface area contributed by atoms with Crippen LogP contribution in [0.2, 0.25) is 0 Å². The van der Waals surface area contributed by atoms with Crippen LogP contribution in [0.3, 0.4) is 0 Å². The van der Waals surface area contributed by atoms with Gasteiger partial charge in [0.25, 0.3) is 0 Å². The van der Waals surface area contributed by atoms with E-state index in [-0.39, 0.29) is 11.9 Å². The molecule has 1 aromatic rings. The number of nitrogens with zero attached hydrogens (tertiary/aromatic N) is 1. The number of aryl methyl sites for hydroxylation is 1. The van der Waals surface area contributed by atoms with Gasteiger partial charge in [0.2, 0.25) is 10.0 Å². The van der Waals surface area contributed by atoms with Crippen LogP contribution in [0.25, 0.3) is 0 Å². The first-order valence-electron chi connectivity index (χ1n) is 6.17. The van der Waals surface area contributed by atoms with Gasteiger partial charge in [0.05, 0.1) is 5.88 Å². The zero-order valence-electron chi connectivity index (χ0n) is 10.6. The molecule has 0 aliphatic carbocycles. The van der Waals surface area contributed by atoms with Crippen molar-refractivity contribution in [2.45, 2.75) is 49.9 Å². The minimum atomic E-state index is -3.37. The first-order valence-corrected chi connectivity index (χ1v) is 9.02. The summed E-state index contributed by atoms with van der Waals surface area (Å²) in [5.41, 5.74) is 0.817. The predicted molar refractivity (Wildman–Crippen MR) is 75.8 cm³/mol. The molecule has 1 fully saturated rings. The van der Waals surface area contributed by atoms with Crippen molar-refractivity contribution in [3.63, 3.8) is 0 Å². The smallest absolute Gasteiger partial charge is 0.207 e. The topological polar surface area (TPSA) is 37.4 Å². The third-order valence-corrected chi connectivity index (χ3v) is 7.31. The van der Waals surface area contributed by atoms with E-state index >= 15 is 0 Å².